The number of aliphatic hydroxyl groups excluding tert-OH is 1. The van der Waals surface area contributed by atoms with Gasteiger partial charge < -0.3 is 5.11 Å². The third-order valence-electron chi connectivity index (χ3n) is 2.37. The summed E-state index contributed by atoms with van der Waals surface area (Å²) >= 11 is 5.63. The molecule has 2 rings (SSSR count). The number of hydrogen-bond donors (Lipinski definition) is 1. The molecule has 0 aliphatic heterocycles. The minimum atomic E-state index is -0.551. The highest BCUT2D eigenvalue weighted by Gasteiger charge is 2.09. The monoisotopic (exact) mass is 388 g/mol. The van der Waals surface area contributed by atoms with E-state index < -0.39 is 6.10 Å². The SMILES string of the molecule is O[C@@H](c1ccc(Br)cc1)c1ccc(I)cc1. The molecular formula is C13H10BrIO. The van der Waals surface area contributed by atoms with Gasteiger partial charge in [0, 0.05) is 8.04 Å². The van der Waals surface area contributed by atoms with Crippen molar-refractivity contribution in [3.63, 3.8) is 0 Å². The second-order valence-electron chi connectivity index (χ2n) is 3.51. The Labute approximate surface area is 117 Å². The van der Waals surface area contributed by atoms with E-state index in [2.05, 4.69) is 38.5 Å². The zero-order valence-corrected chi connectivity index (χ0v) is 12.1. The second kappa shape index (κ2) is 5.29. The van der Waals surface area contributed by atoms with E-state index in [-0.39, 0.29) is 0 Å². The van der Waals surface area contributed by atoms with Crippen molar-refractivity contribution in [3.05, 3.63) is 67.7 Å². The summed E-state index contributed by atoms with van der Waals surface area (Å²) < 4.78 is 2.19. The van der Waals surface area contributed by atoms with E-state index in [1.165, 1.54) is 3.57 Å². The van der Waals surface area contributed by atoms with Gasteiger partial charge in [-0.1, -0.05) is 40.2 Å². The van der Waals surface area contributed by atoms with Crippen molar-refractivity contribution in [3.8, 4) is 0 Å². The first-order valence-corrected chi connectivity index (χ1v) is 6.73. The number of hydrogen-bond acceptors (Lipinski definition) is 1. The highest BCUT2D eigenvalue weighted by Crippen LogP contribution is 2.23. The Kier molecular flexibility index (Phi) is 4.00. The van der Waals surface area contributed by atoms with Crippen LogP contribution >= 0.6 is 38.5 Å². The molecule has 0 aliphatic carbocycles. The van der Waals surface area contributed by atoms with Gasteiger partial charge in [-0.2, -0.15) is 0 Å². The first-order chi connectivity index (χ1) is 7.66. The lowest BCUT2D eigenvalue weighted by Gasteiger charge is -2.11. The average Bonchev–Trinajstić information content (AvgIpc) is 2.30. The van der Waals surface area contributed by atoms with Crippen LogP contribution in [0.15, 0.2) is 53.0 Å². The number of halogens is 2. The van der Waals surface area contributed by atoms with Crippen molar-refractivity contribution < 1.29 is 5.11 Å². The van der Waals surface area contributed by atoms with Gasteiger partial charge in [0.05, 0.1) is 0 Å². The van der Waals surface area contributed by atoms with Crippen molar-refractivity contribution in [2.45, 2.75) is 6.10 Å². The Hall–Kier alpha value is -0.390. The Balaban J connectivity index is 2.28. The zero-order chi connectivity index (χ0) is 11.5. The molecule has 0 amide bonds. The van der Waals surface area contributed by atoms with Crippen LogP contribution in [0.3, 0.4) is 0 Å². The maximum absolute atomic E-state index is 10.2. The van der Waals surface area contributed by atoms with Crippen molar-refractivity contribution in [1.29, 1.82) is 0 Å². The van der Waals surface area contributed by atoms with Gasteiger partial charge in [-0.15, -0.1) is 0 Å². The van der Waals surface area contributed by atoms with Gasteiger partial charge in [0.1, 0.15) is 6.10 Å². The standard InChI is InChI=1S/C13H10BrIO/c14-11-5-1-9(2-6-11)13(16)10-3-7-12(15)8-4-10/h1-8,13,16H/t13-/m0/s1. The van der Waals surface area contributed by atoms with E-state index >= 15 is 0 Å². The van der Waals surface area contributed by atoms with E-state index in [1.807, 2.05) is 48.5 Å². The Morgan fingerprint density at radius 2 is 1.31 bits per heavy atom. The summed E-state index contributed by atoms with van der Waals surface area (Å²) in [6.07, 6.45) is -0.551. The number of rotatable bonds is 2. The predicted molar refractivity (Wildman–Crippen MR) is 77.4 cm³/mol. The number of benzene rings is 2. The smallest absolute Gasteiger partial charge is 0.104 e. The minimum absolute atomic E-state index is 0.551. The van der Waals surface area contributed by atoms with Crippen LogP contribution < -0.4 is 0 Å². The Morgan fingerprint density at radius 3 is 1.81 bits per heavy atom. The summed E-state index contributed by atoms with van der Waals surface area (Å²) in [5.74, 6) is 0. The summed E-state index contributed by atoms with van der Waals surface area (Å²) in [6, 6.07) is 15.6. The van der Waals surface area contributed by atoms with Crippen molar-refractivity contribution in [2.24, 2.45) is 0 Å². The first kappa shape index (κ1) is 12.1. The fourth-order valence-corrected chi connectivity index (χ4v) is 2.11. The van der Waals surface area contributed by atoms with Gasteiger partial charge in [-0.05, 0) is 58.0 Å². The molecule has 82 valence electrons. The molecule has 0 spiro atoms. The fourth-order valence-electron chi connectivity index (χ4n) is 1.48. The van der Waals surface area contributed by atoms with E-state index in [4.69, 9.17) is 0 Å². The molecule has 0 bridgehead atoms. The predicted octanol–water partition coefficient (Wildman–Crippen LogP) is 4.14. The lowest BCUT2D eigenvalue weighted by atomic mass is 10.0. The quantitative estimate of drug-likeness (QED) is 0.766. The van der Waals surface area contributed by atoms with Gasteiger partial charge in [-0.25, -0.2) is 0 Å². The Morgan fingerprint density at radius 1 is 0.875 bits per heavy atom. The summed E-state index contributed by atoms with van der Waals surface area (Å²) in [5.41, 5.74) is 1.83. The first-order valence-electron chi connectivity index (χ1n) is 4.86. The lowest BCUT2D eigenvalue weighted by Crippen LogP contribution is -1.99. The maximum Gasteiger partial charge on any atom is 0.104 e. The third kappa shape index (κ3) is 2.84. The third-order valence-corrected chi connectivity index (χ3v) is 3.62. The summed E-state index contributed by atoms with van der Waals surface area (Å²) in [5, 5.41) is 10.2. The second-order valence-corrected chi connectivity index (χ2v) is 5.67. The average molecular weight is 389 g/mol. The molecular weight excluding hydrogens is 379 g/mol. The normalized spacial score (nSPS) is 12.4. The van der Waals surface area contributed by atoms with Crippen LogP contribution in [-0.2, 0) is 0 Å². The molecule has 0 radical (unpaired) electrons. The van der Waals surface area contributed by atoms with Gasteiger partial charge >= 0.3 is 0 Å². The fraction of sp³-hybridized carbons (Fsp3) is 0.0769. The van der Waals surface area contributed by atoms with Gasteiger partial charge in [0.2, 0.25) is 0 Å². The van der Waals surface area contributed by atoms with Crippen LogP contribution in [0.1, 0.15) is 17.2 Å². The molecule has 2 aromatic rings. The van der Waals surface area contributed by atoms with Crippen LogP contribution in [0.2, 0.25) is 0 Å². The molecule has 0 aliphatic rings. The van der Waals surface area contributed by atoms with Crippen molar-refractivity contribution in [1.82, 2.24) is 0 Å². The molecule has 0 fully saturated rings. The molecule has 1 atom stereocenters. The summed E-state index contributed by atoms with van der Waals surface area (Å²) in [7, 11) is 0. The van der Waals surface area contributed by atoms with E-state index in [1.54, 1.807) is 0 Å². The van der Waals surface area contributed by atoms with Crippen LogP contribution in [0, 0.1) is 3.57 Å². The molecule has 0 saturated heterocycles. The van der Waals surface area contributed by atoms with E-state index in [0.717, 1.165) is 15.6 Å². The molecule has 0 heterocycles. The van der Waals surface area contributed by atoms with Gasteiger partial charge in [0.15, 0.2) is 0 Å². The van der Waals surface area contributed by atoms with Crippen LogP contribution in [0.5, 0.6) is 0 Å². The van der Waals surface area contributed by atoms with Crippen LogP contribution in [-0.4, -0.2) is 5.11 Å². The molecule has 1 N–H and O–H groups in total. The van der Waals surface area contributed by atoms with E-state index in [9.17, 15) is 5.11 Å². The number of aliphatic hydroxyl groups is 1. The minimum Gasteiger partial charge on any atom is -0.384 e. The van der Waals surface area contributed by atoms with Gasteiger partial charge in [0.25, 0.3) is 0 Å². The van der Waals surface area contributed by atoms with Crippen molar-refractivity contribution >= 4 is 38.5 Å². The van der Waals surface area contributed by atoms with Crippen molar-refractivity contribution in [2.75, 3.05) is 0 Å². The highest BCUT2D eigenvalue weighted by molar-refractivity contribution is 14.1. The molecule has 2 aromatic carbocycles. The molecule has 0 unspecified atom stereocenters. The lowest BCUT2D eigenvalue weighted by molar-refractivity contribution is 0.220. The van der Waals surface area contributed by atoms with Crippen LogP contribution in [0.4, 0.5) is 0 Å². The topological polar surface area (TPSA) is 20.2 Å². The van der Waals surface area contributed by atoms with Crippen LogP contribution in [0.25, 0.3) is 0 Å². The Bertz CT molecular complexity index is 419. The largest absolute Gasteiger partial charge is 0.384 e. The van der Waals surface area contributed by atoms with Gasteiger partial charge in [-0.3, -0.25) is 0 Å². The molecule has 3 heteroatoms. The molecule has 1 nitrogen and oxygen atoms in total. The summed E-state index contributed by atoms with van der Waals surface area (Å²) in [4.78, 5) is 0. The molecule has 16 heavy (non-hydrogen) atoms. The highest BCUT2D eigenvalue weighted by atomic mass is 127. The zero-order valence-electron chi connectivity index (χ0n) is 8.40. The maximum atomic E-state index is 10.2. The molecule has 0 saturated carbocycles. The molecule has 0 aromatic heterocycles. The summed E-state index contributed by atoms with van der Waals surface area (Å²) in [6.45, 7) is 0. The van der Waals surface area contributed by atoms with E-state index in [0.29, 0.717) is 0 Å².